The number of aromatic amines is 1. The Bertz CT molecular complexity index is 581. The van der Waals surface area contributed by atoms with Crippen LogP contribution < -0.4 is 5.73 Å². The highest BCUT2D eigenvalue weighted by Crippen LogP contribution is 2.40. The van der Waals surface area contributed by atoms with E-state index in [1.807, 2.05) is 18.2 Å². The lowest BCUT2D eigenvalue weighted by atomic mass is 9.86. The van der Waals surface area contributed by atoms with Gasteiger partial charge in [-0.1, -0.05) is 6.07 Å². The molecule has 3 rings (SSSR count). The Kier molecular flexibility index (Phi) is 3.01. The van der Waals surface area contributed by atoms with Crippen LogP contribution in [0.15, 0.2) is 18.2 Å². The standard InChI is InChI=1S/C14H17F2N3/c15-14(16)5-3-10(4-6-14)13-18-11-2-1-9(8-17)7-12(11)19-13/h1-2,7,10H,3-6,8,17H2,(H,18,19). The summed E-state index contributed by atoms with van der Waals surface area (Å²) < 4.78 is 26.3. The third-order valence-corrected chi connectivity index (χ3v) is 3.90. The lowest BCUT2D eigenvalue weighted by Crippen LogP contribution is -2.24. The maximum atomic E-state index is 13.2. The number of aromatic nitrogens is 2. The lowest BCUT2D eigenvalue weighted by Gasteiger charge is -2.26. The van der Waals surface area contributed by atoms with Crippen molar-refractivity contribution in [2.45, 2.75) is 44.1 Å². The number of fused-ring (bicyclic) bond motifs is 1. The minimum atomic E-state index is -2.49. The average Bonchev–Trinajstić information content (AvgIpc) is 2.81. The molecule has 1 saturated carbocycles. The zero-order valence-corrected chi connectivity index (χ0v) is 10.6. The van der Waals surface area contributed by atoms with Crippen molar-refractivity contribution in [3.63, 3.8) is 0 Å². The van der Waals surface area contributed by atoms with E-state index >= 15 is 0 Å². The van der Waals surface area contributed by atoms with Gasteiger partial charge in [-0.2, -0.15) is 0 Å². The number of nitrogens with two attached hydrogens (primary N) is 1. The average molecular weight is 265 g/mol. The highest BCUT2D eigenvalue weighted by molar-refractivity contribution is 5.76. The van der Waals surface area contributed by atoms with Gasteiger partial charge in [0.2, 0.25) is 5.92 Å². The van der Waals surface area contributed by atoms with E-state index in [1.54, 1.807) is 0 Å². The number of nitrogens with zero attached hydrogens (tertiary/aromatic N) is 1. The van der Waals surface area contributed by atoms with E-state index in [-0.39, 0.29) is 18.8 Å². The molecule has 2 aromatic rings. The van der Waals surface area contributed by atoms with Crippen molar-refractivity contribution >= 4 is 11.0 Å². The molecule has 0 aliphatic heterocycles. The number of H-pyrrole nitrogens is 1. The van der Waals surface area contributed by atoms with Gasteiger partial charge < -0.3 is 10.7 Å². The van der Waals surface area contributed by atoms with Crippen LogP contribution in [0.3, 0.4) is 0 Å². The van der Waals surface area contributed by atoms with Crippen LogP contribution in [-0.4, -0.2) is 15.9 Å². The zero-order chi connectivity index (χ0) is 13.5. The van der Waals surface area contributed by atoms with Gasteiger partial charge in [0, 0.05) is 25.3 Å². The predicted molar refractivity (Wildman–Crippen MR) is 70.1 cm³/mol. The maximum Gasteiger partial charge on any atom is 0.248 e. The van der Waals surface area contributed by atoms with Crippen LogP contribution in [0.2, 0.25) is 0 Å². The van der Waals surface area contributed by atoms with Crippen molar-refractivity contribution in [1.82, 2.24) is 9.97 Å². The Hall–Kier alpha value is -1.49. The molecule has 3 N–H and O–H groups in total. The van der Waals surface area contributed by atoms with E-state index in [0.717, 1.165) is 22.4 Å². The Labute approximate surface area is 110 Å². The maximum absolute atomic E-state index is 13.2. The summed E-state index contributed by atoms with van der Waals surface area (Å²) >= 11 is 0. The minimum absolute atomic E-state index is 0.0389. The molecule has 0 atom stereocenters. The van der Waals surface area contributed by atoms with Crippen LogP contribution in [0.1, 0.15) is 43.0 Å². The van der Waals surface area contributed by atoms with Gasteiger partial charge in [-0.15, -0.1) is 0 Å². The fourth-order valence-corrected chi connectivity index (χ4v) is 2.71. The van der Waals surface area contributed by atoms with Crippen LogP contribution in [-0.2, 0) is 6.54 Å². The monoisotopic (exact) mass is 265 g/mol. The summed E-state index contributed by atoms with van der Waals surface area (Å²) in [7, 11) is 0. The van der Waals surface area contributed by atoms with Crippen molar-refractivity contribution in [3.8, 4) is 0 Å². The number of hydrogen-bond donors (Lipinski definition) is 2. The zero-order valence-electron chi connectivity index (χ0n) is 10.6. The first-order chi connectivity index (χ1) is 9.07. The third-order valence-electron chi connectivity index (χ3n) is 3.90. The van der Waals surface area contributed by atoms with Gasteiger partial charge in [0.15, 0.2) is 0 Å². The summed E-state index contributed by atoms with van der Waals surface area (Å²) in [5.74, 6) is -1.54. The molecule has 3 nitrogen and oxygen atoms in total. The molecule has 5 heteroatoms. The van der Waals surface area contributed by atoms with Gasteiger partial charge in [0.1, 0.15) is 5.82 Å². The quantitative estimate of drug-likeness (QED) is 0.875. The van der Waals surface area contributed by atoms with E-state index < -0.39 is 5.92 Å². The molecule has 1 fully saturated rings. The third kappa shape index (κ3) is 2.47. The number of rotatable bonds is 2. The van der Waals surface area contributed by atoms with E-state index in [2.05, 4.69) is 9.97 Å². The Balaban J connectivity index is 1.85. The molecule has 1 heterocycles. The molecule has 1 aliphatic carbocycles. The molecular weight excluding hydrogens is 248 g/mol. The van der Waals surface area contributed by atoms with Gasteiger partial charge in [-0.05, 0) is 30.5 Å². The SMILES string of the molecule is NCc1ccc2nc(C3CCC(F)(F)CC3)[nH]c2c1. The molecular formula is C14H17F2N3. The van der Waals surface area contributed by atoms with E-state index in [1.165, 1.54) is 0 Å². The van der Waals surface area contributed by atoms with Crippen LogP contribution >= 0.6 is 0 Å². The topological polar surface area (TPSA) is 54.7 Å². The summed E-state index contributed by atoms with van der Waals surface area (Å²) in [6.45, 7) is 0.486. The number of halogens is 2. The summed E-state index contributed by atoms with van der Waals surface area (Å²) in [5, 5.41) is 0. The molecule has 1 aliphatic rings. The first-order valence-corrected chi connectivity index (χ1v) is 6.64. The number of benzene rings is 1. The second-order valence-corrected chi connectivity index (χ2v) is 5.31. The molecule has 0 bridgehead atoms. The van der Waals surface area contributed by atoms with Crippen LogP contribution in [0, 0.1) is 0 Å². The number of nitrogens with one attached hydrogen (secondary N) is 1. The fourth-order valence-electron chi connectivity index (χ4n) is 2.71. The smallest absolute Gasteiger partial charge is 0.248 e. The van der Waals surface area contributed by atoms with E-state index in [9.17, 15) is 8.78 Å². The number of hydrogen-bond acceptors (Lipinski definition) is 2. The number of alkyl halides is 2. The van der Waals surface area contributed by atoms with Crippen LogP contribution in [0.25, 0.3) is 11.0 Å². The van der Waals surface area contributed by atoms with Crippen molar-refractivity contribution in [2.24, 2.45) is 5.73 Å². The second-order valence-electron chi connectivity index (χ2n) is 5.31. The Morgan fingerprint density at radius 2 is 2.05 bits per heavy atom. The molecule has 0 spiro atoms. The molecule has 1 aromatic heterocycles. The lowest BCUT2D eigenvalue weighted by molar-refractivity contribution is -0.0387. The minimum Gasteiger partial charge on any atom is -0.342 e. The fraction of sp³-hybridized carbons (Fsp3) is 0.500. The van der Waals surface area contributed by atoms with Gasteiger partial charge in [0.05, 0.1) is 11.0 Å². The summed E-state index contributed by atoms with van der Waals surface area (Å²) in [4.78, 5) is 7.77. The summed E-state index contributed by atoms with van der Waals surface area (Å²) in [5.41, 5.74) is 8.46. The predicted octanol–water partition coefficient (Wildman–Crippen LogP) is 3.31. The first kappa shape index (κ1) is 12.5. The molecule has 1 aromatic carbocycles. The molecule has 0 amide bonds. The molecule has 102 valence electrons. The summed E-state index contributed by atoms with van der Waals surface area (Å²) in [6, 6.07) is 5.85. The van der Waals surface area contributed by atoms with E-state index in [4.69, 9.17) is 5.73 Å². The highest BCUT2D eigenvalue weighted by atomic mass is 19.3. The van der Waals surface area contributed by atoms with Gasteiger partial charge >= 0.3 is 0 Å². The van der Waals surface area contributed by atoms with E-state index in [0.29, 0.717) is 19.4 Å². The van der Waals surface area contributed by atoms with Crippen molar-refractivity contribution in [1.29, 1.82) is 0 Å². The molecule has 0 radical (unpaired) electrons. The second kappa shape index (κ2) is 4.56. The van der Waals surface area contributed by atoms with Crippen LogP contribution in [0.5, 0.6) is 0 Å². The highest BCUT2D eigenvalue weighted by Gasteiger charge is 2.36. The normalized spacial score (nSPS) is 19.9. The van der Waals surface area contributed by atoms with Gasteiger partial charge in [0.25, 0.3) is 0 Å². The van der Waals surface area contributed by atoms with Crippen molar-refractivity contribution < 1.29 is 8.78 Å². The van der Waals surface area contributed by atoms with Gasteiger partial charge in [-0.3, -0.25) is 0 Å². The molecule has 0 saturated heterocycles. The van der Waals surface area contributed by atoms with Crippen molar-refractivity contribution in [3.05, 3.63) is 29.6 Å². The Morgan fingerprint density at radius 3 is 2.74 bits per heavy atom. The first-order valence-electron chi connectivity index (χ1n) is 6.64. The number of imidazole rings is 1. The Morgan fingerprint density at radius 1 is 1.32 bits per heavy atom. The van der Waals surface area contributed by atoms with Crippen LogP contribution in [0.4, 0.5) is 8.78 Å². The summed E-state index contributed by atoms with van der Waals surface area (Å²) in [6.07, 6.45) is 0.915. The molecule has 19 heavy (non-hydrogen) atoms. The van der Waals surface area contributed by atoms with Gasteiger partial charge in [-0.25, -0.2) is 13.8 Å². The van der Waals surface area contributed by atoms with Crippen molar-refractivity contribution in [2.75, 3.05) is 0 Å². The largest absolute Gasteiger partial charge is 0.342 e. The molecule has 0 unspecified atom stereocenters.